The van der Waals surface area contributed by atoms with Crippen LogP contribution in [0.25, 0.3) is 21.9 Å². The number of carbonyl (C=O) groups is 1. The van der Waals surface area contributed by atoms with Crippen molar-refractivity contribution in [1.82, 2.24) is 4.90 Å². The molecule has 8 heteroatoms. The Bertz CT molecular complexity index is 1220. The van der Waals surface area contributed by atoms with Gasteiger partial charge in [-0.15, -0.1) is 0 Å². The first-order valence-electron chi connectivity index (χ1n) is 11.0. The Morgan fingerprint density at radius 2 is 1.81 bits per heavy atom. The van der Waals surface area contributed by atoms with Gasteiger partial charge in [-0.3, -0.25) is 10.1 Å². The Labute approximate surface area is 185 Å². The van der Waals surface area contributed by atoms with E-state index in [0.29, 0.717) is 35.3 Å². The fourth-order valence-corrected chi connectivity index (χ4v) is 4.98. The molecule has 168 valence electrons. The summed E-state index contributed by atoms with van der Waals surface area (Å²) in [5, 5.41) is 13.5. The summed E-state index contributed by atoms with van der Waals surface area (Å²) in [6, 6.07) is 8.83. The molecule has 32 heavy (non-hydrogen) atoms. The molecule has 1 saturated carbocycles. The first-order chi connectivity index (χ1) is 15.3. The number of carbonyl (C=O) groups excluding carboxylic acids is 1. The molecule has 1 aromatic heterocycles. The lowest BCUT2D eigenvalue weighted by Gasteiger charge is -2.39. The van der Waals surface area contributed by atoms with E-state index in [2.05, 4.69) is 0 Å². The van der Waals surface area contributed by atoms with Gasteiger partial charge in [0, 0.05) is 28.9 Å². The average Bonchev–Trinajstić information content (AvgIpc) is 3.44. The summed E-state index contributed by atoms with van der Waals surface area (Å²) in [5.41, 5.74) is 0.376. The minimum absolute atomic E-state index is 0.0893. The molecular formula is C24H26N2O6. The SMILES string of the molecule is COc1ccc2c(c1)oc1cc([N+](=O)[O-])c(C3(OC(=O)N4[C@H](C)CCC[C@@H]4C)CC3)cc12. The number of nitrogens with zero attached hydrogens (tertiary/aromatic N) is 2. The molecule has 2 aliphatic rings. The molecule has 2 atom stereocenters. The smallest absolute Gasteiger partial charge is 0.411 e. The predicted octanol–water partition coefficient (Wildman–Crippen LogP) is 5.89. The van der Waals surface area contributed by atoms with Crippen molar-refractivity contribution >= 4 is 33.7 Å². The number of nitro benzene ring substituents is 1. The van der Waals surface area contributed by atoms with E-state index in [0.717, 1.165) is 30.0 Å². The van der Waals surface area contributed by atoms with Crippen LogP contribution in [0.15, 0.2) is 34.7 Å². The largest absolute Gasteiger partial charge is 0.497 e. The van der Waals surface area contributed by atoms with Gasteiger partial charge < -0.3 is 18.8 Å². The minimum Gasteiger partial charge on any atom is -0.497 e. The quantitative estimate of drug-likeness (QED) is 0.372. The standard InChI is InChI=1S/C24H26N2O6/c1-14-5-4-6-15(2)25(14)23(27)32-24(9-10-24)19-12-18-17-8-7-16(30-3)11-21(17)31-22(18)13-20(19)26(28)29/h7-8,11-15H,4-6,9-10H2,1-3H3/t14-,15+. The Hall–Kier alpha value is -3.29. The van der Waals surface area contributed by atoms with Crippen molar-refractivity contribution < 1.29 is 23.6 Å². The number of benzene rings is 2. The number of fused-ring (bicyclic) bond motifs is 3. The maximum absolute atomic E-state index is 13.1. The normalized spacial score (nSPS) is 22.2. The molecule has 0 N–H and O–H groups in total. The molecule has 1 aliphatic heterocycles. The van der Waals surface area contributed by atoms with Crippen LogP contribution in [-0.2, 0) is 10.3 Å². The third-order valence-electron chi connectivity index (χ3n) is 6.88. The molecule has 1 aliphatic carbocycles. The van der Waals surface area contributed by atoms with Crippen molar-refractivity contribution in [3.05, 3.63) is 46.0 Å². The second-order valence-electron chi connectivity index (χ2n) is 8.99. The molecule has 2 fully saturated rings. The molecule has 8 nitrogen and oxygen atoms in total. The Morgan fingerprint density at radius 1 is 1.12 bits per heavy atom. The maximum Gasteiger partial charge on any atom is 0.411 e. The molecule has 5 rings (SSSR count). The van der Waals surface area contributed by atoms with E-state index in [1.165, 1.54) is 6.07 Å². The first-order valence-corrected chi connectivity index (χ1v) is 11.0. The van der Waals surface area contributed by atoms with Crippen LogP contribution in [-0.4, -0.2) is 35.1 Å². The van der Waals surface area contributed by atoms with Crippen LogP contribution < -0.4 is 4.74 Å². The van der Waals surface area contributed by atoms with Gasteiger partial charge in [0.15, 0.2) is 0 Å². The number of hydrogen-bond donors (Lipinski definition) is 0. The van der Waals surface area contributed by atoms with Crippen LogP contribution in [0, 0.1) is 10.1 Å². The van der Waals surface area contributed by atoms with Crippen LogP contribution >= 0.6 is 0 Å². The van der Waals surface area contributed by atoms with Crippen molar-refractivity contribution in [2.24, 2.45) is 0 Å². The van der Waals surface area contributed by atoms with E-state index in [1.54, 1.807) is 24.1 Å². The summed E-state index contributed by atoms with van der Waals surface area (Å²) < 4.78 is 17.1. The summed E-state index contributed by atoms with van der Waals surface area (Å²) in [4.78, 5) is 26.4. The van der Waals surface area contributed by atoms with E-state index >= 15 is 0 Å². The molecule has 0 unspecified atom stereocenters. The number of ether oxygens (including phenoxy) is 2. The lowest BCUT2D eigenvalue weighted by molar-refractivity contribution is -0.386. The monoisotopic (exact) mass is 438 g/mol. The third-order valence-corrected chi connectivity index (χ3v) is 6.88. The van der Waals surface area contributed by atoms with Crippen molar-refractivity contribution in [1.29, 1.82) is 0 Å². The van der Waals surface area contributed by atoms with E-state index in [4.69, 9.17) is 13.9 Å². The lowest BCUT2D eigenvalue weighted by Crippen LogP contribution is -2.48. The third kappa shape index (κ3) is 3.25. The van der Waals surface area contributed by atoms with Gasteiger partial charge in [0.1, 0.15) is 22.5 Å². The molecular weight excluding hydrogens is 412 g/mol. The highest BCUT2D eigenvalue weighted by Gasteiger charge is 2.53. The number of piperidine rings is 1. The second kappa shape index (κ2) is 7.39. The van der Waals surface area contributed by atoms with E-state index in [1.807, 2.05) is 26.0 Å². The highest BCUT2D eigenvalue weighted by atomic mass is 16.6. The predicted molar refractivity (Wildman–Crippen MR) is 119 cm³/mol. The summed E-state index contributed by atoms with van der Waals surface area (Å²) in [6.07, 6.45) is 3.68. The number of hydrogen-bond acceptors (Lipinski definition) is 6. The second-order valence-corrected chi connectivity index (χ2v) is 8.99. The average molecular weight is 438 g/mol. The molecule has 3 aromatic rings. The van der Waals surface area contributed by atoms with E-state index in [9.17, 15) is 14.9 Å². The number of amides is 1. The van der Waals surface area contributed by atoms with Gasteiger partial charge in [0.05, 0.1) is 23.7 Å². The van der Waals surface area contributed by atoms with E-state index in [-0.39, 0.29) is 17.8 Å². The van der Waals surface area contributed by atoms with Gasteiger partial charge in [-0.05, 0) is 64.2 Å². The zero-order valence-electron chi connectivity index (χ0n) is 18.4. The minimum atomic E-state index is -0.972. The Morgan fingerprint density at radius 3 is 2.44 bits per heavy atom. The van der Waals surface area contributed by atoms with E-state index < -0.39 is 16.6 Å². The summed E-state index contributed by atoms with van der Waals surface area (Å²) in [6.45, 7) is 4.05. The van der Waals surface area contributed by atoms with Gasteiger partial charge >= 0.3 is 6.09 Å². The summed E-state index contributed by atoms with van der Waals surface area (Å²) in [7, 11) is 1.57. The van der Waals surface area contributed by atoms with Crippen LogP contribution in [0.2, 0.25) is 0 Å². The van der Waals surface area contributed by atoms with Crippen LogP contribution in [0.1, 0.15) is 51.5 Å². The number of nitro groups is 1. The lowest BCUT2D eigenvalue weighted by atomic mass is 9.98. The number of methoxy groups -OCH3 is 1. The van der Waals surface area contributed by atoms with Crippen LogP contribution in [0.5, 0.6) is 5.75 Å². The zero-order valence-corrected chi connectivity index (χ0v) is 18.4. The Kier molecular flexibility index (Phi) is 4.76. The molecule has 1 saturated heterocycles. The fraction of sp³-hybridized carbons (Fsp3) is 0.458. The van der Waals surface area contributed by atoms with Gasteiger partial charge in [-0.25, -0.2) is 4.79 Å². The Balaban J connectivity index is 1.57. The van der Waals surface area contributed by atoms with Crippen LogP contribution in [0.4, 0.5) is 10.5 Å². The fourth-order valence-electron chi connectivity index (χ4n) is 4.98. The molecule has 2 heterocycles. The number of likely N-dealkylation sites (tertiary alicyclic amines) is 1. The van der Waals surface area contributed by atoms with Gasteiger partial charge in [-0.2, -0.15) is 0 Å². The highest BCUT2D eigenvalue weighted by Crippen LogP contribution is 2.54. The topological polar surface area (TPSA) is 95.0 Å². The van der Waals surface area contributed by atoms with Gasteiger partial charge in [0.2, 0.25) is 0 Å². The zero-order chi connectivity index (χ0) is 22.6. The first kappa shape index (κ1) is 20.6. The maximum atomic E-state index is 13.1. The molecule has 2 aromatic carbocycles. The van der Waals surface area contributed by atoms with Crippen LogP contribution in [0.3, 0.4) is 0 Å². The van der Waals surface area contributed by atoms with Crippen molar-refractivity contribution in [2.75, 3.05) is 7.11 Å². The molecule has 0 radical (unpaired) electrons. The highest BCUT2D eigenvalue weighted by molar-refractivity contribution is 6.06. The summed E-state index contributed by atoms with van der Waals surface area (Å²) in [5.74, 6) is 0.642. The molecule has 1 amide bonds. The number of furan rings is 1. The van der Waals surface area contributed by atoms with Crippen molar-refractivity contribution in [3.63, 3.8) is 0 Å². The van der Waals surface area contributed by atoms with Crippen molar-refractivity contribution in [3.8, 4) is 5.75 Å². The molecule has 0 bridgehead atoms. The van der Waals surface area contributed by atoms with Gasteiger partial charge in [-0.1, -0.05) is 0 Å². The van der Waals surface area contributed by atoms with Crippen molar-refractivity contribution in [2.45, 2.75) is 63.6 Å². The number of rotatable bonds is 4. The van der Waals surface area contributed by atoms with Gasteiger partial charge in [0.25, 0.3) is 5.69 Å². The molecule has 0 spiro atoms. The summed E-state index contributed by atoms with van der Waals surface area (Å²) >= 11 is 0.